The third-order valence-corrected chi connectivity index (χ3v) is 7.66. The lowest BCUT2D eigenvalue weighted by molar-refractivity contribution is 0.325. The molecule has 0 bridgehead atoms. The van der Waals surface area contributed by atoms with Crippen LogP contribution in [0.25, 0.3) is 0 Å². The number of phenols is 1. The molecule has 3 aromatic rings. The van der Waals surface area contributed by atoms with Gasteiger partial charge in [0, 0.05) is 43.8 Å². The molecule has 170 valence electrons. The number of hydrogen-bond donors (Lipinski definition) is 2. The molecule has 32 heavy (non-hydrogen) atoms. The van der Waals surface area contributed by atoms with Crippen LogP contribution in [-0.4, -0.2) is 49.6 Å². The van der Waals surface area contributed by atoms with E-state index in [1.807, 2.05) is 24.1 Å². The number of anilines is 2. The molecule has 0 radical (unpaired) electrons. The van der Waals surface area contributed by atoms with Gasteiger partial charge in [-0.25, -0.2) is 17.8 Å². The van der Waals surface area contributed by atoms with Gasteiger partial charge in [0.05, 0.1) is 5.51 Å². The number of thiazole rings is 1. The molecule has 1 saturated heterocycles. The van der Waals surface area contributed by atoms with Crippen molar-refractivity contribution in [3.05, 3.63) is 64.2 Å². The zero-order valence-corrected chi connectivity index (χ0v) is 19.5. The van der Waals surface area contributed by atoms with Crippen LogP contribution >= 0.6 is 11.3 Å². The first-order valence-corrected chi connectivity index (χ1v) is 12.6. The van der Waals surface area contributed by atoms with E-state index >= 15 is 0 Å². The van der Waals surface area contributed by atoms with E-state index in [0.29, 0.717) is 11.3 Å². The third kappa shape index (κ3) is 4.87. The van der Waals surface area contributed by atoms with Gasteiger partial charge < -0.3 is 10.0 Å². The van der Waals surface area contributed by atoms with Crippen molar-refractivity contribution in [1.29, 1.82) is 0 Å². The molecule has 0 amide bonds. The summed E-state index contributed by atoms with van der Waals surface area (Å²) in [5, 5.41) is 11.2. The van der Waals surface area contributed by atoms with Crippen LogP contribution in [0.4, 0.5) is 15.9 Å². The molecule has 0 saturated carbocycles. The lowest BCUT2D eigenvalue weighted by Gasteiger charge is -2.29. The van der Waals surface area contributed by atoms with Crippen molar-refractivity contribution in [3.8, 4) is 5.75 Å². The van der Waals surface area contributed by atoms with Gasteiger partial charge in [0.15, 0.2) is 5.82 Å². The van der Waals surface area contributed by atoms with Gasteiger partial charge in [-0.3, -0.25) is 9.62 Å². The quantitative estimate of drug-likeness (QED) is 0.539. The minimum absolute atomic E-state index is 0.168. The molecule has 2 aromatic carbocycles. The highest BCUT2D eigenvalue weighted by atomic mass is 32.2. The predicted octanol–water partition coefficient (Wildman–Crippen LogP) is 3.81. The topological polar surface area (TPSA) is 85.8 Å². The van der Waals surface area contributed by atoms with E-state index in [1.165, 1.54) is 29.0 Å². The number of nitrogens with one attached hydrogen (secondary N) is 1. The number of aromatic nitrogens is 1. The molecule has 1 aliphatic rings. The van der Waals surface area contributed by atoms with Crippen molar-refractivity contribution in [3.63, 3.8) is 0 Å². The Morgan fingerprint density at radius 3 is 2.88 bits per heavy atom. The van der Waals surface area contributed by atoms with Gasteiger partial charge in [-0.2, -0.15) is 0 Å². The maximum absolute atomic E-state index is 14.9. The molecule has 1 fully saturated rings. The van der Waals surface area contributed by atoms with E-state index in [0.717, 1.165) is 31.6 Å². The highest BCUT2D eigenvalue weighted by Crippen LogP contribution is 2.30. The second-order valence-electron chi connectivity index (χ2n) is 8.01. The summed E-state index contributed by atoms with van der Waals surface area (Å²) in [6.45, 7) is 4.19. The van der Waals surface area contributed by atoms with E-state index in [1.54, 1.807) is 24.4 Å². The number of aryl methyl sites for hydroxylation is 1. The number of hydrogen-bond acceptors (Lipinski definition) is 7. The van der Waals surface area contributed by atoms with Crippen LogP contribution in [0.1, 0.15) is 17.5 Å². The Kier molecular flexibility index (Phi) is 6.36. The lowest BCUT2D eigenvalue weighted by Crippen LogP contribution is -2.35. The van der Waals surface area contributed by atoms with Gasteiger partial charge in [-0.15, -0.1) is 11.3 Å². The van der Waals surface area contributed by atoms with E-state index in [9.17, 15) is 17.9 Å². The van der Waals surface area contributed by atoms with Crippen LogP contribution in [0.3, 0.4) is 0 Å². The number of nitrogens with zero attached hydrogens (tertiary/aromatic N) is 3. The maximum Gasteiger partial charge on any atom is 0.266 e. The zero-order chi connectivity index (χ0) is 22.9. The van der Waals surface area contributed by atoms with Crippen molar-refractivity contribution in [2.75, 3.05) is 29.8 Å². The Labute approximate surface area is 191 Å². The highest BCUT2D eigenvalue weighted by molar-refractivity contribution is 7.92. The minimum Gasteiger partial charge on any atom is -0.508 e. The average molecular weight is 477 g/mol. The van der Waals surface area contributed by atoms with Gasteiger partial charge in [0.25, 0.3) is 10.0 Å². The number of sulfonamides is 1. The molecule has 0 spiro atoms. The van der Waals surface area contributed by atoms with Crippen molar-refractivity contribution >= 4 is 32.9 Å². The molecule has 7 nitrogen and oxygen atoms in total. The van der Waals surface area contributed by atoms with Crippen molar-refractivity contribution in [2.45, 2.75) is 30.8 Å². The Morgan fingerprint density at radius 2 is 2.16 bits per heavy atom. The smallest absolute Gasteiger partial charge is 0.266 e. The normalized spacial score (nSPS) is 16.9. The number of rotatable bonds is 7. The molecule has 2 N–H and O–H groups in total. The van der Waals surface area contributed by atoms with Crippen LogP contribution in [0.5, 0.6) is 5.75 Å². The summed E-state index contributed by atoms with van der Waals surface area (Å²) < 4.78 is 42.5. The van der Waals surface area contributed by atoms with Gasteiger partial charge in [-0.1, -0.05) is 12.1 Å². The first-order valence-electron chi connectivity index (χ1n) is 10.2. The summed E-state index contributed by atoms with van der Waals surface area (Å²) in [6.07, 6.45) is 0.905. The number of likely N-dealkylation sites (tertiary alicyclic amines) is 1. The van der Waals surface area contributed by atoms with Crippen LogP contribution in [0.2, 0.25) is 0 Å². The summed E-state index contributed by atoms with van der Waals surface area (Å²) in [5.41, 5.74) is 3.89. The fourth-order valence-electron chi connectivity index (χ4n) is 4.07. The Bertz CT molecular complexity index is 1200. The second kappa shape index (κ2) is 9.05. The van der Waals surface area contributed by atoms with Gasteiger partial charge in [0.2, 0.25) is 0 Å². The molecular formula is C22H25FN4O3S2. The summed E-state index contributed by atoms with van der Waals surface area (Å²) in [6, 6.07) is 10.1. The number of benzene rings is 2. The largest absolute Gasteiger partial charge is 0.508 e. The Balaban J connectivity index is 1.48. The van der Waals surface area contributed by atoms with Crippen molar-refractivity contribution < 1.29 is 17.9 Å². The number of aromatic hydroxyl groups is 1. The molecular weight excluding hydrogens is 451 g/mol. The van der Waals surface area contributed by atoms with E-state index in [-0.39, 0.29) is 17.6 Å². The fraction of sp³-hybridized carbons (Fsp3) is 0.318. The standard InChI is InChI=1S/C22H25FN4O3S2/c1-15-8-21(32(29,30)25-22-13-31-14-24-22)19(23)10-20(15)26(2)17-6-7-27(12-17)11-16-4-3-5-18(28)9-16/h3-5,8-10,13-14,17,25,28H,6-7,11-12H2,1-2H3/t17-/m0/s1. The fourth-order valence-corrected chi connectivity index (χ4v) is 5.77. The summed E-state index contributed by atoms with van der Waals surface area (Å²) in [5.74, 6) is -0.374. The number of phenolic OH excluding ortho intramolecular Hbond substituents is 1. The van der Waals surface area contributed by atoms with Crippen LogP contribution in [-0.2, 0) is 16.6 Å². The molecule has 1 aromatic heterocycles. The lowest BCUT2D eigenvalue weighted by atomic mass is 10.1. The summed E-state index contributed by atoms with van der Waals surface area (Å²) in [7, 11) is -2.16. The van der Waals surface area contributed by atoms with E-state index < -0.39 is 20.7 Å². The van der Waals surface area contributed by atoms with E-state index in [4.69, 9.17) is 0 Å². The minimum atomic E-state index is -4.07. The monoisotopic (exact) mass is 476 g/mol. The van der Waals surface area contributed by atoms with Crippen LogP contribution in [0.15, 0.2) is 52.2 Å². The second-order valence-corrected chi connectivity index (χ2v) is 10.4. The summed E-state index contributed by atoms with van der Waals surface area (Å²) in [4.78, 5) is 7.82. The van der Waals surface area contributed by atoms with Gasteiger partial charge >= 0.3 is 0 Å². The Morgan fingerprint density at radius 1 is 1.34 bits per heavy atom. The molecule has 0 aliphatic carbocycles. The van der Waals surface area contributed by atoms with Crippen LogP contribution in [0, 0.1) is 12.7 Å². The Hall–Kier alpha value is -2.69. The van der Waals surface area contributed by atoms with Gasteiger partial charge in [0.1, 0.15) is 16.5 Å². The van der Waals surface area contributed by atoms with E-state index in [2.05, 4.69) is 14.6 Å². The summed E-state index contributed by atoms with van der Waals surface area (Å²) >= 11 is 1.25. The first-order chi connectivity index (χ1) is 15.2. The highest BCUT2D eigenvalue weighted by Gasteiger charge is 2.28. The third-order valence-electron chi connectivity index (χ3n) is 5.70. The average Bonchev–Trinajstić information content (AvgIpc) is 3.40. The molecule has 1 aliphatic heterocycles. The molecule has 2 heterocycles. The predicted molar refractivity (Wildman–Crippen MR) is 124 cm³/mol. The SMILES string of the molecule is Cc1cc(S(=O)(=O)Nc2cscn2)c(F)cc1N(C)[C@H]1CCN(Cc2cccc(O)c2)C1. The number of likely N-dealkylation sites (N-methyl/N-ethyl adjacent to an activating group) is 1. The van der Waals surface area contributed by atoms with Crippen molar-refractivity contribution in [1.82, 2.24) is 9.88 Å². The molecule has 1 atom stereocenters. The maximum atomic E-state index is 14.9. The molecule has 10 heteroatoms. The van der Waals surface area contributed by atoms with Crippen molar-refractivity contribution in [2.24, 2.45) is 0 Å². The zero-order valence-electron chi connectivity index (χ0n) is 17.8. The van der Waals surface area contributed by atoms with Gasteiger partial charge in [-0.05, 0) is 48.7 Å². The first kappa shape index (κ1) is 22.5. The molecule has 0 unspecified atom stereocenters. The number of halogens is 1. The molecule has 4 rings (SSSR count). The van der Waals surface area contributed by atoms with Crippen LogP contribution < -0.4 is 9.62 Å².